The largest absolute Gasteiger partial charge is 0.385 e. The Kier molecular flexibility index (Phi) is 6.61. The first kappa shape index (κ1) is 17.5. The predicted molar refractivity (Wildman–Crippen MR) is 91.8 cm³/mol. The molecule has 124 valence electrons. The van der Waals surface area contributed by atoms with Gasteiger partial charge in [0, 0.05) is 25.9 Å². The Hall–Kier alpha value is -1.86. The van der Waals surface area contributed by atoms with Crippen molar-refractivity contribution in [3.8, 4) is 0 Å². The van der Waals surface area contributed by atoms with E-state index in [1.807, 2.05) is 36.6 Å². The Morgan fingerprint density at radius 1 is 1.39 bits per heavy atom. The second kappa shape index (κ2) is 8.69. The third kappa shape index (κ3) is 5.37. The van der Waals surface area contributed by atoms with Gasteiger partial charge in [0.1, 0.15) is 6.33 Å². The summed E-state index contributed by atoms with van der Waals surface area (Å²) in [6, 6.07) is 6.01. The van der Waals surface area contributed by atoms with Gasteiger partial charge in [-0.25, -0.2) is 0 Å². The van der Waals surface area contributed by atoms with Gasteiger partial charge in [-0.15, -0.1) is 10.2 Å². The maximum Gasteiger partial charge on any atom is 0.234 e. The number of methoxy groups -OCH3 is 1. The average molecular weight is 334 g/mol. The molecule has 0 aliphatic carbocycles. The number of carbonyl (C=O) groups excluding carboxylic acids is 1. The van der Waals surface area contributed by atoms with Gasteiger partial charge in [0.15, 0.2) is 5.16 Å². The summed E-state index contributed by atoms with van der Waals surface area (Å²) in [5, 5.41) is 11.7. The van der Waals surface area contributed by atoms with Gasteiger partial charge in [0.25, 0.3) is 0 Å². The molecule has 0 atom stereocenters. The number of thioether (sulfide) groups is 1. The lowest BCUT2D eigenvalue weighted by Crippen LogP contribution is -2.15. The molecule has 1 aromatic heterocycles. The topological polar surface area (TPSA) is 69.0 Å². The zero-order chi connectivity index (χ0) is 16.7. The third-order valence-corrected chi connectivity index (χ3v) is 4.31. The van der Waals surface area contributed by atoms with Crippen molar-refractivity contribution in [2.45, 2.75) is 32.0 Å². The van der Waals surface area contributed by atoms with Crippen LogP contribution in [0.1, 0.15) is 17.5 Å². The van der Waals surface area contributed by atoms with Crippen molar-refractivity contribution in [3.63, 3.8) is 0 Å². The molecule has 1 heterocycles. The van der Waals surface area contributed by atoms with Crippen molar-refractivity contribution in [1.29, 1.82) is 0 Å². The van der Waals surface area contributed by atoms with Crippen molar-refractivity contribution >= 4 is 23.4 Å². The number of benzene rings is 1. The summed E-state index contributed by atoms with van der Waals surface area (Å²) in [5.41, 5.74) is 3.03. The summed E-state index contributed by atoms with van der Waals surface area (Å²) in [5.74, 6) is 0.256. The van der Waals surface area contributed by atoms with Crippen molar-refractivity contribution < 1.29 is 9.53 Å². The SMILES string of the molecule is COCCCn1cnnc1SCC(=O)Nc1cc(C)ccc1C. The van der Waals surface area contributed by atoms with Gasteiger partial charge in [-0.05, 0) is 37.5 Å². The third-order valence-electron chi connectivity index (χ3n) is 3.33. The van der Waals surface area contributed by atoms with E-state index in [-0.39, 0.29) is 5.91 Å². The highest BCUT2D eigenvalue weighted by atomic mass is 32.2. The first-order chi connectivity index (χ1) is 11.1. The van der Waals surface area contributed by atoms with E-state index in [1.54, 1.807) is 13.4 Å². The predicted octanol–water partition coefficient (Wildman–Crippen LogP) is 2.66. The Morgan fingerprint density at radius 2 is 2.22 bits per heavy atom. The van der Waals surface area contributed by atoms with Crippen molar-refractivity contribution in [3.05, 3.63) is 35.7 Å². The van der Waals surface area contributed by atoms with E-state index in [9.17, 15) is 4.79 Å². The molecule has 1 aromatic carbocycles. The monoisotopic (exact) mass is 334 g/mol. The van der Waals surface area contributed by atoms with Gasteiger partial charge >= 0.3 is 0 Å². The lowest BCUT2D eigenvalue weighted by atomic mass is 10.1. The van der Waals surface area contributed by atoms with Crippen LogP contribution in [0.3, 0.4) is 0 Å². The molecule has 2 aromatic rings. The van der Waals surface area contributed by atoms with E-state index < -0.39 is 0 Å². The molecule has 7 heteroatoms. The molecular formula is C16H22N4O2S. The van der Waals surface area contributed by atoms with Crippen molar-refractivity contribution in [2.75, 3.05) is 24.8 Å². The lowest BCUT2D eigenvalue weighted by molar-refractivity contribution is -0.113. The van der Waals surface area contributed by atoms with Crippen LogP contribution in [0.2, 0.25) is 0 Å². The number of anilines is 1. The second-order valence-electron chi connectivity index (χ2n) is 5.31. The van der Waals surface area contributed by atoms with E-state index in [0.29, 0.717) is 12.4 Å². The second-order valence-corrected chi connectivity index (χ2v) is 6.25. The van der Waals surface area contributed by atoms with Crippen molar-refractivity contribution in [1.82, 2.24) is 14.8 Å². The zero-order valence-corrected chi connectivity index (χ0v) is 14.5. The fraction of sp³-hybridized carbons (Fsp3) is 0.438. The number of hydrogen-bond acceptors (Lipinski definition) is 5. The quantitative estimate of drug-likeness (QED) is 0.594. The Morgan fingerprint density at radius 3 is 3.00 bits per heavy atom. The van der Waals surface area contributed by atoms with Gasteiger partial charge in [0.05, 0.1) is 5.75 Å². The van der Waals surface area contributed by atoms with E-state index in [2.05, 4.69) is 15.5 Å². The molecule has 0 saturated heterocycles. The smallest absolute Gasteiger partial charge is 0.234 e. The molecule has 1 N–H and O–H groups in total. The summed E-state index contributed by atoms with van der Waals surface area (Å²) in [7, 11) is 1.68. The normalized spacial score (nSPS) is 10.7. The minimum atomic E-state index is -0.0462. The summed E-state index contributed by atoms with van der Waals surface area (Å²) in [6.07, 6.45) is 2.57. The average Bonchev–Trinajstić information content (AvgIpc) is 2.97. The van der Waals surface area contributed by atoms with Gasteiger partial charge in [-0.3, -0.25) is 4.79 Å². The minimum Gasteiger partial charge on any atom is -0.385 e. The van der Waals surface area contributed by atoms with Crippen LogP contribution in [0.25, 0.3) is 0 Å². The molecule has 0 saturated carbocycles. The van der Waals surface area contributed by atoms with Gasteiger partial charge < -0.3 is 14.6 Å². The van der Waals surface area contributed by atoms with Gasteiger partial charge in [0.2, 0.25) is 5.91 Å². The molecule has 2 rings (SSSR count). The molecular weight excluding hydrogens is 312 g/mol. The van der Waals surface area contributed by atoms with E-state index in [0.717, 1.165) is 34.9 Å². The number of aryl methyl sites for hydroxylation is 3. The molecule has 0 fully saturated rings. The van der Waals surface area contributed by atoms with Crippen LogP contribution in [0, 0.1) is 13.8 Å². The molecule has 6 nitrogen and oxygen atoms in total. The highest BCUT2D eigenvalue weighted by Gasteiger charge is 2.10. The first-order valence-electron chi connectivity index (χ1n) is 7.47. The molecule has 0 unspecified atom stereocenters. The number of nitrogens with one attached hydrogen (secondary N) is 1. The van der Waals surface area contributed by atoms with Gasteiger partial charge in [-0.1, -0.05) is 23.9 Å². The molecule has 0 spiro atoms. The fourth-order valence-electron chi connectivity index (χ4n) is 2.08. The maximum absolute atomic E-state index is 12.1. The zero-order valence-electron chi connectivity index (χ0n) is 13.7. The van der Waals surface area contributed by atoms with Crippen LogP contribution >= 0.6 is 11.8 Å². The fourth-order valence-corrected chi connectivity index (χ4v) is 2.82. The van der Waals surface area contributed by atoms with E-state index in [4.69, 9.17) is 4.74 Å². The number of aromatic nitrogens is 3. The Balaban J connectivity index is 1.87. The first-order valence-corrected chi connectivity index (χ1v) is 8.45. The number of ether oxygens (including phenoxy) is 1. The number of rotatable bonds is 8. The van der Waals surface area contributed by atoms with Crippen molar-refractivity contribution in [2.24, 2.45) is 0 Å². The summed E-state index contributed by atoms with van der Waals surface area (Å²) < 4.78 is 6.98. The van der Waals surface area contributed by atoms with E-state index >= 15 is 0 Å². The van der Waals surface area contributed by atoms with Crippen LogP contribution < -0.4 is 5.32 Å². The minimum absolute atomic E-state index is 0.0462. The molecule has 0 radical (unpaired) electrons. The van der Waals surface area contributed by atoms with E-state index in [1.165, 1.54) is 11.8 Å². The standard InChI is InChI=1S/C16H22N4O2S/c1-12-5-6-13(2)14(9-12)18-15(21)10-23-16-19-17-11-20(16)7-4-8-22-3/h5-6,9,11H,4,7-8,10H2,1-3H3,(H,18,21). The van der Waals surface area contributed by atoms with Crippen LogP contribution in [0.4, 0.5) is 5.69 Å². The molecule has 1 amide bonds. The van der Waals surface area contributed by atoms with Gasteiger partial charge in [-0.2, -0.15) is 0 Å². The summed E-state index contributed by atoms with van der Waals surface area (Å²) >= 11 is 1.39. The maximum atomic E-state index is 12.1. The molecule has 0 aliphatic rings. The lowest BCUT2D eigenvalue weighted by Gasteiger charge is -2.09. The van der Waals surface area contributed by atoms with Crippen LogP contribution in [-0.2, 0) is 16.1 Å². The summed E-state index contributed by atoms with van der Waals surface area (Å²) in [6.45, 7) is 5.46. The highest BCUT2D eigenvalue weighted by Crippen LogP contribution is 2.19. The Bertz CT molecular complexity index is 657. The van der Waals surface area contributed by atoms with Crippen LogP contribution in [0.15, 0.2) is 29.7 Å². The number of nitrogens with zero attached hydrogens (tertiary/aromatic N) is 3. The number of carbonyl (C=O) groups is 1. The number of hydrogen-bond donors (Lipinski definition) is 1. The number of amides is 1. The highest BCUT2D eigenvalue weighted by molar-refractivity contribution is 7.99. The Labute approximate surface area is 140 Å². The molecule has 0 bridgehead atoms. The van der Waals surface area contributed by atoms with Crippen LogP contribution in [0.5, 0.6) is 0 Å². The summed E-state index contributed by atoms with van der Waals surface area (Å²) in [4.78, 5) is 12.1. The molecule has 0 aliphatic heterocycles. The molecule has 23 heavy (non-hydrogen) atoms. The van der Waals surface area contributed by atoms with Crippen LogP contribution in [-0.4, -0.2) is 40.1 Å².